The van der Waals surface area contributed by atoms with E-state index in [1.54, 1.807) is 11.3 Å². The molecule has 2 aromatic rings. The Labute approximate surface area is 136 Å². The molecule has 0 aliphatic rings. The van der Waals surface area contributed by atoms with Crippen molar-refractivity contribution in [3.8, 4) is 0 Å². The summed E-state index contributed by atoms with van der Waals surface area (Å²) in [4.78, 5) is 7.94. The Morgan fingerprint density at radius 3 is 2.67 bits per heavy atom. The van der Waals surface area contributed by atoms with Crippen molar-refractivity contribution in [2.45, 2.75) is 26.9 Å². The Morgan fingerprint density at radius 1 is 1.29 bits per heavy atom. The molecule has 5 heteroatoms. The van der Waals surface area contributed by atoms with E-state index >= 15 is 0 Å². The van der Waals surface area contributed by atoms with Crippen LogP contribution in [0.3, 0.4) is 0 Å². The van der Waals surface area contributed by atoms with Crippen molar-refractivity contribution in [2.75, 3.05) is 18.5 Å². The van der Waals surface area contributed by atoms with Crippen LogP contribution in [-0.2, 0) is 13.1 Å². The van der Waals surface area contributed by atoms with Crippen molar-refractivity contribution >= 4 is 28.1 Å². The number of thiazole rings is 1. The molecule has 0 fully saturated rings. The van der Waals surface area contributed by atoms with E-state index in [9.17, 15) is 0 Å². The van der Waals surface area contributed by atoms with Gasteiger partial charge in [-0.25, -0.2) is 4.98 Å². The lowest BCUT2D eigenvalue weighted by atomic mass is 10.2. The van der Waals surface area contributed by atoms with Gasteiger partial charge in [-0.3, -0.25) is 0 Å². The Kier molecular flexibility index (Phi) is 6.03. The third-order valence-corrected chi connectivity index (χ3v) is 4.42. The normalized spacial score (nSPS) is 11.1. The first-order valence-electron chi connectivity index (χ1n) is 7.15. The van der Waals surface area contributed by atoms with Crippen molar-refractivity contribution in [1.29, 1.82) is 0 Å². The van der Waals surface area contributed by atoms with E-state index in [1.807, 2.05) is 18.3 Å². The SMILES string of the molecule is CC(C)CNCc1cnc(N(C)Cc2ccc(Cl)cc2)s1. The molecule has 0 bridgehead atoms. The molecule has 114 valence electrons. The summed E-state index contributed by atoms with van der Waals surface area (Å²) in [7, 11) is 2.07. The first-order valence-corrected chi connectivity index (χ1v) is 8.35. The van der Waals surface area contributed by atoms with Crippen LogP contribution >= 0.6 is 22.9 Å². The van der Waals surface area contributed by atoms with Crippen LogP contribution < -0.4 is 10.2 Å². The van der Waals surface area contributed by atoms with Crippen LogP contribution in [0.15, 0.2) is 30.5 Å². The number of rotatable bonds is 7. The number of nitrogens with zero attached hydrogens (tertiary/aromatic N) is 2. The maximum absolute atomic E-state index is 5.91. The highest BCUT2D eigenvalue weighted by Gasteiger charge is 2.08. The van der Waals surface area contributed by atoms with E-state index in [0.29, 0.717) is 5.92 Å². The summed E-state index contributed by atoms with van der Waals surface area (Å²) in [6, 6.07) is 7.96. The van der Waals surface area contributed by atoms with Gasteiger partial charge in [0, 0.05) is 36.2 Å². The summed E-state index contributed by atoms with van der Waals surface area (Å²) < 4.78 is 0. The maximum atomic E-state index is 5.91. The molecule has 0 spiro atoms. The van der Waals surface area contributed by atoms with Gasteiger partial charge in [0.15, 0.2) is 5.13 Å². The van der Waals surface area contributed by atoms with E-state index in [4.69, 9.17) is 11.6 Å². The van der Waals surface area contributed by atoms with E-state index in [1.165, 1.54) is 10.4 Å². The molecule has 0 saturated carbocycles. The molecule has 1 N–H and O–H groups in total. The van der Waals surface area contributed by atoms with Gasteiger partial charge in [-0.05, 0) is 30.2 Å². The van der Waals surface area contributed by atoms with Crippen molar-refractivity contribution in [3.05, 3.63) is 45.9 Å². The molecular formula is C16H22ClN3S. The average Bonchev–Trinajstić information content (AvgIpc) is 2.90. The van der Waals surface area contributed by atoms with Gasteiger partial charge in [-0.15, -0.1) is 11.3 Å². The van der Waals surface area contributed by atoms with E-state index in [-0.39, 0.29) is 0 Å². The molecule has 0 radical (unpaired) electrons. The Morgan fingerprint density at radius 2 is 2.00 bits per heavy atom. The van der Waals surface area contributed by atoms with Crippen molar-refractivity contribution in [2.24, 2.45) is 5.92 Å². The van der Waals surface area contributed by atoms with Crippen LogP contribution in [0.4, 0.5) is 5.13 Å². The smallest absolute Gasteiger partial charge is 0.185 e. The van der Waals surface area contributed by atoms with Crippen molar-refractivity contribution in [3.63, 3.8) is 0 Å². The second kappa shape index (κ2) is 7.78. The lowest BCUT2D eigenvalue weighted by Gasteiger charge is -2.15. The fourth-order valence-electron chi connectivity index (χ4n) is 1.97. The molecule has 0 aliphatic carbocycles. The molecule has 2 rings (SSSR count). The minimum absolute atomic E-state index is 0.671. The van der Waals surface area contributed by atoms with Gasteiger partial charge < -0.3 is 10.2 Å². The zero-order valence-electron chi connectivity index (χ0n) is 12.8. The fraction of sp³-hybridized carbons (Fsp3) is 0.438. The molecule has 0 atom stereocenters. The van der Waals surface area contributed by atoms with Gasteiger partial charge in [0.05, 0.1) is 0 Å². The summed E-state index contributed by atoms with van der Waals surface area (Å²) in [5, 5.41) is 5.27. The molecule has 0 aliphatic heterocycles. The lowest BCUT2D eigenvalue weighted by Crippen LogP contribution is -2.18. The zero-order valence-corrected chi connectivity index (χ0v) is 14.3. The molecule has 3 nitrogen and oxygen atoms in total. The highest BCUT2D eigenvalue weighted by molar-refractivity contribution is 7.15. The standard InChI is InChI=1S/C16H22ClN3S/c1-12(2)8-18-9-15-10-19-16(21-15)20(3)11-13-4-6-14(17)7-5-13/h4-7,10,12,18H,8-9,11H2,1-3H3. The summed E-state index contributed by atoms with van der Waals surface area (Å²) in [5.41, 5.74) is 1.23. The second-order valence-electron chi connectivity index (χ2n) is 5.62. The Balaban J connectivity index is 1.89. The zero-order chi connectivity index (χ0) is 15.2. The second-order valence-corrected chi connectivity index (χ2v) is 7.15. The summed E-state index contributed by atoms with van der Waals surface area (Å²) in [6.07, 6.45) is 1.96. The van der Waals surface area contributed by atoms with Crippen LogP contribution in [0.1, 0.15) is 24.3 Å². The van der Waals surface area contributed by atoms with Gasteiger partial charge in [-0.1, -0.05) is 37.6 Å². The molecule has 0 amide bonds. The Hall–Kier alpha value is -1.10. The first-order chi connectivity index (χ1) is 10.0. The number of hydrogen-bond donors (Lipinski definition) is 1. The van der Waals surface area contributed by atoms with Crippen molar-refractivity contribution in [1.82, 2.24) is 10.3 Å². The van der Waals surface area contributed by atoms with Gasteiger partial charge in [-0.2, -0.15) is 0 Å². The van der Waals surface area contributed by atoms with Crippen LogP contribution in [0.2, 0.25) is 5.02 Å². The molecule has 21 heavy (non-hydrogen) atoms. The third-order valence-electron chi connectivity index (χ3n) is 3.05. The van der Waals surface area contributed by atoms with Gasteiger partial charge in [0.2, 0.25) is 0 Å². The highest BCUT2D eigenvalue weighted by atomic mass is 35.5. The summed E-state index contributed by atoms with van der Waals surface area (Å²) in [6.45, 7) is 7.19. The fourth-order valence-corrected chi connectivity index (χ4v) is 2.94. The van der Waals surface area contributed by atoms with Gasteiger partial charge in [0.25, 0.3) is 0 Å². The van der Waals surface area contributed by atoms with Crippen LogP contribution in [0.25, 0.3) is 0 Å². The Bertz CT molecular complexity index is 551. The van der Waals surface area contributed by atoms with Crippen LogP contribution in [-0.4, -0.2) is 18.6 Å². The molecule has 0 saturated heterocycles. The number of nitrogens with one attached hydrogen (secondary N) is 1. The van der Waals surface area contributed by atoms with Gasteiger partial charge >= 0.3 is 0 Å². The molecular weight excluding hydrogens is 302 g/mol. The number of aromatic nitrogens is 1. The molecule has 1 aromatic heterocycles. The average molecular weight is 324 g/mol. The minimum Gasteiger partial charge on any atom is -0.347 e. The highest BCUT2D eigenvalue weighted by Crippen LogP contribution is 2.23. The van der Waals surface area contributed by atoms with E-state index in [2.05, 4.69) is 48.2 Å². The minimum atomic E-state index is 0.671. The number of benzene rings is 1. The van der Waals surface area contributed by atoms with E-state index in [0.717, 1.165) is 29.8 Å². The maximum Gasteiger partial charge on any atom is 0.185 e. The molecule has 1 heterocycles. The lowest BCUT2D eigenvalue weighted by molar-refractivity contribution is 0.554. The van der Waals surface area contributed by atoms with Gasteiger partial charge in [0.1, 0.15) is 0 Å². The van der Waals surface area contributed by atoms with Crippen molar-refractivity contribution < 1.29 is 0 Å². The van der Waals surface area contributed by atoms with E-state index < -0.39 is 0 Å². The van der Waals surface area contributed by atoms with Crippen LogP contribution in [0, 0.1) is 5.92 Å². The first kappa shape index (κ1) is 16.3. The summed E-state index contributed by atoms with van der Waals surface area (Å²) in [5.74, 6) is 0.671. The predicted molar refractivity (Wildman–Crippen MR) is 92.2 cm³/mol. The topological polar surface area (TPSA) is 28.2 Å². The molecule has 1 aromatic carbocycles. The third kappa shape index (κ3) is 5.30. The summed E-state index contributed by atoms with van der Waals surface area (Å²) >= 11 is 7.65. The number of anilines is 1. The van der Waals surface area contributed by atoms with Crippen LogP contribution in [0.5, 0.6) is 0 Å². The number of hydrogen-bond acceptors (Lipinski definition) is 4. The largest absolute Gasteiger partial charge is 0.347 e. The predicted octanol–water partition coefficient (Wildman–Crippen LogP) is 4.18. The number of halogens is 1. The monoisotopic (exact) mass is 323 g/mol. The quantitative estimate of drug-likeness (QED) is 0.828. The molecule has 0 unspecified atom stereocenters.